The summed E-state index contributed by atoms with van der Waals surface area (Å²) in [6.07, 6.45) is 0. The van der Waals surface area contributed by atoms with E-state index in [4.69, 9.17) is 20.7 Å². The topological polar surface area (TPSA) is 56.7 Å². The molecule has 0 bridgehead atoms. The standard InChI is InChI=1S/C45H28N4O/c1-4-13-29(14-5-1)43-46-44(30-15-6-2-7-16-30)48-45(47-43)35-20-12-22-41-42(35)37-28-32(24-26-40(37)50-41)31-23-25-39-36(27-31)34-19-10-11-21-38(34)49(39)33-17-8-3-9-18-33/h1-28H/i1T. The Balaban J connectivity index is 1.16. The molecule has 0 spiro atoms. The molecule has 0 atom stereocenters. The maximum atomic E-state index is 7.98. The quantitative estimate of drug-likeness (QED) is 0.187. The second-order valence-electron chi connectivity index (χ2n) is 12.4. The van der Waals surface area contributed by atoms with E-state index in [0.717, 1.165) is 55.4 Å². The van der Waals surface area contributed by atoms with E-state index in [1.807, 2.05) is 54.6 Å². The van der Waals surface area contributed by atoms with Crippen LogP contribution in [-0.4, -0.2) is 19.5 Å². The van der Waals surface area contributed by atoms with Gasteiger partial charge >= 0.3 is 0 Å². The number of para-hydroxylation sites is 2. The zero-order valence-corrected chi connectivity index (χ0v) is 26.8. The van der Waals surface area contributed by atoms with Gasteiger partial charge in [0.25, 0.3) is 0 Å². The van der Waals surface area contributed by atoms with Crippen molar-refractivity contribution in [2.45, 2.75) is 0 Å². The van der Waals surface area contributed by atoms with E-state index >= 15 is 0 Å². The van der Waals surface area contributed by atoms with Gasteiger partial charge in [0.05, 0.1) is 12.4 Å². The lowest BCUT2D eigenvalue weighted by atomic mass is 9.99. The van der Waals surface area contributed by atoms with Gasteiger partial charge in [-0.05, 0) is 59.7 Å². The number of aromatic nitrogens is 4. The van der Waals surface area contributed by atoms with Crippen LogP contribution in [0.1, 0.15) is 1.37 Å². The first kappa shape index (κ1) is 27.1. The van der Waals surface area contributed by atoms with Gasteiger partial charge in [-0.2, -0.15) is 0 Å². The number of fused-ring (bicyclic) bond motifs is 6. The molecule has 3 aromatic heterocycles. The number of nitrogens with zero attached hydrogens (tertiary/aromatic N) is 4. The summed E-state index contributed by atoms with van der Waals surface area (Å²) < 4.78 is 16.8. The summed E-state index contributed by atoms with van der Waals surface area (Å²) in [5.74, 6) is 1.69. The maximum Gasteiger partial charge on any atom is 0.164 e. The molecule has 0 saturated heterocycles. The molecule has 234 valence electrons. The third-order valence-electron chi connectivity index (χ3n) is 9.40. The molecule has 7 aromatic carbocycles. The molecule has 0 amide bonds. The molecule has 5 heteroatoms. The fraction of sp³-hybridized carbons (Fsp3) is 0. The zero-order chi connectivity index (χ0) is 33.9. The average molecular weight is 643 g/mol. The molecule has 0 saturated carbocycles. The van der Waals surface area contributed by atoms with Crippen LogP contribution in [0.4, 0.5) is 0 Å². The summed E-state index contributed by atoms with van der Waals surface area (Å²) in [7, 11) is 0. The van der Waals surface area contributed by atoms with E-state index in [2.05, 4.69) is 102 Å². The molecular weight excluding hydrogens is 613 g/mol. The predicted molar refractivity (Wildman–Crippen MR) is 203 cm³/mol. The van der Waals surface area contributed by atoms with Gasteiger partial charge in [-0.25, -0.2) is 15.0 Å². The van der Waals surface area contributed by atoms with E-state index in [0.29, 0.717) is 23.5 Å². The largest absolute Gasteiger partial charge is 0.456 e. The Bertz CT molecular complexity index is 2910. The summed E-state index contributed by atoms with van der Waals surface area (Å²) in [4.78, 5) is 14.9. The van der Waals surface area contributed by atoms with Gasteiger partial charge in [-0.3, -0.25) is 0 Å². The monoisotopic (exact) mass is 642 g/mol. The van der Waals surface area contributed by atoms with Crippen molar-refractivity contribution in [3.05, 3.63) is 170 Å². The highest BCUT2D eigenvalue weighted by Gasteiger charge is 2.19. The minimum atomic E-state index is 0.433. The molecule has 3 heterocycles. The Hall–Kier alpha value is -6.85. The van der Waals surface area contributed by atoms with Crippen molar-refractivity contribution in [1.29, 1.82) is 0 Å². The lowest BCUT2D eigenvalue weighted by molar-refractivity contribution is 0.669. The molecule has 0 aliphatic heterocycles. The van der Waals surface area contributed by atoms with Crippen molar-refractivity contribution < 1.29 is 5.79 Å². The molecule has 0 N–H and O–H groups in total. The molecule has 0 aliphatic rings. The highest BCUT2D eigenvalue weighted by Crippen LogP contribution is 2.40. The third-order valence-corrected chi connectivity index (χ3v) is 9.40. The van der Waals surface area contributed by atoms with Gasteiger partial charge < -0.3 is 8.98 Å². The SMILES string of the molecule is [3H]c1ccc(-c2nc(-c3ccccc3)nc(-c3cccc4oc5ccc(-c6ccc7c(c6)c6ccccc6n7-c6ccccc6)cc5c34)n2)cc1. The van der Waals surface area contributed by atoms with Gasteiger partial charge in [0.2, 0.25) is 0 Å². The molecule has 5 nitrogen and oxygen atoms in total. The predicted octanol–water partition coefficient (Wildman–Crippen LogP) is 11.5. The summed E-state index contributed by atoms with van der Waals surface area (Å²) in [6, 6.07) is 55.9. The van der Waals surface area contributed by atoms with E-state index in [1.165, 1.54) is 21.8 Å². The van der Waals surface area contributed by atoms with Crippen LogP contribution in [0.2, 0.25) is 0 Å². The van der Waals surface area contributed by atoms with Gasteiger partial charge in [-0.15, -0.1) is 0 Å². The minimum absolute atomic E-state index is 0.433. The van der Waals surface area contributed by atoms with Crippen LogP contribution in [0.5, 0.6) is 0 Å². The van der Waals surface area contributed by atoms with E-state index < -0.39 is 0 Å². The summed E-state index contributed by atoms with van der Waals surface area (Å²) in [5, 5.41) is 4.36. The summed E-state index contributed by atoms with van der Waals surface area (Å²) >= 11 is 0. The van der Waals surface area contributed by atoms with Gasteiger partial charge in [0.1, 0.15) is 11.2 Å². The highest BCUT2D eigenvalue weighted by atomic mass is 16.3. The number of rotatable bonds is 5. The lowest BCUT2D eigenvalue weighted by Crippen LogP contribution is -2.00. The van der Waals surface area contributed by atoms with Crippen molar-refractivity contribution in [3.63, 3.8) is 0 Å². The Morgan fingerprint density at radius 2 is 1.06 bits per heavy atom. The van der Waals surface area contributed by atoms with Crippen molar-refractivity contribution in [2.75, 3.05) is 0 Å². The molecular formula is C45H28N4O. The molecule has 10 rings (SSSR count). The fourth-order valence-electron chi connectivity index (χ4n) is 7.08. The first-order chi connectivity index (χ1) is 25.2. The van der Waals surface area contributed by atoms with Crippen LogP contribution in [0.15, 0.2) is 174 Å². The van der Waals surface area contributed by atoms with Crippen LogP contribution < -0.4 is 0 Å². The van der Waals surface area contributed by atoms with E-state index in [-0.39, 0.29) is 0 Å². The van der Waals surface area contributed by atoms with Gasteiger partial charge in [0, 0.05) is 43.9 Å². The Labute approximate surface area is 289 Å². The molecule has 0 unspecified atom stereocenters. The molecule has 0 radical (unpaired) electrons. The van der Waals surface area contributed by atoms with Crippen LogP contribution >= 0.6 is 0 Å². The van der Waals surface area contributed by atoms with Crippen LogP contribution in [0.25, 0.3) is 94.7 Å². The first-order valence-corrected chi connectivity index (χ1v) is 16.6. The van der Waals surface area contributed by atoms with Crippen LogP contribution in [-0.2, 0) is 0 Å². The summed E-state index contributed by atoms with van der Waals surface area (Å²) in [6.45, 7) is 0. The molecule has 0 aliphatic carbocycles. The number of hydrogen-bond acceptors (Lipinski definition) is 4. The number of hydrogen-bond donors (Lipinski definition) is 0. The molecule has 50 heavy (non-hydrogen) atoms. The van der Waals surface area contributed by atoms with E-state index in [9.17, 15) is 0 Å². The lowest BCUT2D eigenvalue weighted by Gasteiger charge is -2.09. The minimum Gasteiger partial charge on any atom is -0.456 e. The van der Waals surface area contributed by atoms with Crippen molar-refractivity contribution in [2.24, 2.45) is 0 Å². The normalized spacial score (nSPS) is 11.9. The Morgan fingerprint density at radius 3 is 1.84 bits per heavy atom. The Morgan fingerprint density at radius 1 is 0.440 bits per heavy atom. The first-order valence-electron chi connectivity index (χ1n) is 17.1. The second-order valence-corrected chi connectivity index (χ2v) is 12.4. The average Bonchev–Trinajstić information content (AvgIpc) is 3.74. The van der Waals surface area contributed by atoms with E-state index in [1.54, 1.807) is 12.1 Å². The van der Waals surface area contributed by atoms with Crippen molar-refractivity contribution in [3.8, 4) is 51.0 Å². The highest BCUT2D eigenvalue weighted by molar-refractivity contribution is 6.14. The molecule has 0 fully saturated rings. The Kier molecular flexibility index (Phi) is 6.18. The number of furan rings is 1. The van der Waals surface area contributed by atoms with Crippen LogP contribution in [0.3, 0.4) is 0 Å². The van der Waals surface area contributed by atoms with Crippen molar-refractivity contribution in [1.82, 2.24) is 19.5 Å². The molecule has 10 aromatic rings. The van der Waals surface area contributed by atoms with Gasteiger partial charge in [-0.1, -0.05) is 121 Å². The third kappa shape index (κ3) is 4.60. The number of benzene rings is 7. The second kappa shape index (κ2) is 11.4. The maximum absolute atomic E-state index is 7.98. The zero-order valence-electron chi connectivity index (χ0n) is 27.8. The summed E-state index contributed by atoms with van der Waals surface area (Å²) in [5.41, 5.74) is 9.85. The van der Waals surface area contributed by atoms with Gasteiger partial charge in [0.15, 0.2) is 17.5 Å². The smallest absolute Gasteiger partial charge is 0.164 e. The van der Waals surface area contributed by atoms with Crippen molar-refractivity contribution >= 4 is 43.7 Å². The van der Waals surface area contributed by atoms with Crippen LogP contribution in [0, 0.1) is 0 Å². The fourth-order valence-corrected chi connectivity index (χ4v) is 7.08.